The first-order chi connectivity index (χ1) is 15.4. The van der Waals surface area contributed by atoms with Crippen LogP contribution in [0, 0.1) is 13.8 Å². The molecular formula is C24H22O8. The molecule has 0 N–H and O–H groups in total. The van der Waals surface area contributed by atoms with Crippen LogP contribution in [0.2, 0.25) is 0 Å². The van der Waals surface area contributed by atoms with E-state index in [0.717, 1.165) is 0 Å². The molecule has 8 heteroatoms. The van der Waals surface area contributed by atoms with Gasteiger partial charge in [0, 0.05) is 22.4 Å². The Hall–Kier alpha value is -3.94. The van der Waals surface area contributed by atoms with Gasteiger partial charge in [-0.1, -0.05) is 0 Å². The molecule has 0 spiro atoms. The van der Waals surface area contributed by atoms with Crippen molar-refractivity contribution in [3.63, 3.8) is 0 Å². The van der Waals surface area contributed by atoms with Gasteiger partial charge in [-0.15, -0.1) is 0 Å². The van der Waals surface area contributed by atoms with Gasteiger partial charge in [-0.2, -0.15) is 0 Å². The minimum atomic E-state index is -0.583. The van der Waals surface area contributed by atoms with Crippen LogP contribution in [0.1, 0.15) is 11.1 Å². The molecule has 2 heterocycles. The van der Waals surface area contributed by atoms with E-state index in [1.165, 1.54) is 34.5 Å². The van der Waals surface area contributed by atoms with Gasteiger partial charge < -0.3 is 27.8 Å². The van der Waals surface area contributed by atoms with Crippen LogP contribution >= 0.6 is 0 Å². The number of hydrogen-bond donors (Lipinski definition) is 0. The molecule has 8 nitrogen and oxygen atoms in total. The first-order valence-corrected chi connectivity index (χ1v) is 9.74. The third kappa shape index (κ3) is 3.07. The van der Waals surface area contributed by atoms with Gasteiger partial charge in [0.25, 0.3) is 0 Å². The molecule has 4 rings (SSSR count). The minimum Gasteiger partial charge on any atom is -0.493 e. The van der Waals surface area contributed by atoms with E-state index in [-0.39, 0.29) is 16.9 Å². The molecular weight excluding hydrogens is 416 g/mol. The predicted octanol–water partition coefficient (Wildman–Crippen LogP) is 4.22. The first-order valence-electron chi connectivity index (χ1n) is 9.74. The second-order valence-electron chi connectivity index (χ2n) is 7.18. The van der Waals surface area contributed by atoms with Crippen molar-refractivity contribution in [1.29, 1.82) is 0 Å². The van der Waals surface area contributed by atoms with Gasteiger partial charge in [0.1, 0.15) is 0 Å². The summed E-state index contributed by atoms with van der Waals surface area (Å²) in [7, 11) is 5.91. The fraction of sp³-hybridized carbons (Fsp3) is 0.250. The third-order valence-electron chi connectivity index (χ3n) is 5.50. The summed E-state index contributed by atoms with van der Waals surface area (Å²) in [5.41, 5.74) is 1.46. The van der Waals surface area contributed by atoms with E-state index >= 15 is 0 Å². The van der Waals surface area contributed by atoms with Crippen molar-refractivity contribution in [2.45, 2.75) is 13.8 Å². The van der Waals surface area contributed by atoms with Crippen LogP contribution in [0.5, 0.6) is 23.0 Å². The molecule has 0 aliphatic rings. The number of benzene rings is 2. The van der Waals surface area contributed by atoms with Gasteiger partial charge in [-0.3, -0.25) is 0 Å². The number of methoxy groups -OCH3 is 4. The van der Waals surface area contributed by atoms with Crippen molar-refractivity contribution in [2.75, 3.05) is 28.4 Å². The molecule has 2 aromatic heterocycles. The second-order valence-corrected chi connectivity index (χ2v) is 7.18. The summed E-state index contributed by atoms with van der Waals surface area (Å²) >= 11 is 0. The average molecular weight is 438 g/mol. The van der Waals surface area contributed by atoms with Gasteiger partial charge in [0.2, 0.25) is 11.5 Å². The fourth-order valence-corrected chi connectivity index (χ4v) is 4.07. The molecule has 0 fully saturated rings. The van der Waals surface area contributed by atoms with Crippen molar-refractivity contribution < 1.29 is 27.8 Å². The zero-order valence-electron chi connectivity index (χ0n) is 18.6. The number of ether oxygens (including phenoxy) is 4. The highest BCUT2D eigenvalue weighted by atomic mass is 16.5. The average Bonchev–Trinajstić information content (AvgIpc) is 2.77. The Kier molecular flexibility index (Phi) is 5.30. The number of fused-ring (bicyclic) bond motifs is 2. The summed E-state index contributed by atoms with van der Waals surface area (Å²) in [6.07, 6.45) is 0. The number of hydrogen-bond acceptors (Lipinski definition) is 8. The number of rotatable bonds is 5. The zero-order valence-corrected chi connectivity index (χ0v) is 18.6. The Morgan fingerprint density at radius 3 is 2.03 bits per heavy atom. The quantitative estimate of drug-likeness (QED) is 0.427. The minimum absolute atomic E-state index is 0.193. The second kappa shape index (κ2) is 7.96. The third-order valence-corrected chi connectivity index (χ3v) is 5.50. The highest BCUT2D eigenvalue weighted by Crippen LogP contribution is 2.44. The van der Waals surface area contributed by atoms with E-state index in [1.807, 2.05) is 6.92 Å². The topological polar surface area (TPSA) is 97.3 Å². The molecule has 166 valence electrons. The van der Waals surface area contributed by atoms with Crippen LogP contribution in [0.4, 0.5) is 0 Å². The Labute approximate surface area is 182 Å². The summed E-state index contributed by atoms with van der Waals surface area (Å²) in [5.74, 6) is 1.36. The Bertz CT molecular complexity index is 1480. The predicted molar refractivity (Wildman–Crippen MR) is 120 cm³/mol. The van der Waals surface area contributed by atoms with Crippen LogP contribution in [0.25, 0.3) is 33.1 Å². The first kappa shape index (κ1) is 21.3. The highest BCUT2D eigenvalue weighted by Gasteiger charge is 2.25. The van der Waals surface area contributed by atoms with E-state index in [0.29, 0.717) is 50.3 Å². The van der Waals surface area contributed by atoms with E-state index < -0.39 is 11.3 Å². The lowest BCUT2D eigenvalue weighted by molar-refractivity contribution is 0.351. The lowest BCUT2D eigenvalue weighted by Gasteiger charge is -2.17. The summed E-state index contributed by atoms with van der Waals surface area (Å²) in [6.45, 7) is 3.58. The van der Waals surface area contributed by atoms with Crippen molar-refractivity contribution >= 4 is 21.9 Å². The van der Waals surface area contributed by atoms with Crippen LogP contribution < -0.4 is 30.2 Å². The van der Waals surface area contributed by atoms with Crippen molar-refractivity contribution in [2.24, 2.45) is 0 Å². The van der Waals surface area contributed by atoms with Crippen molar-refractivity contribution in [3.8, 4) is 34.1 Å². The normalized spacial score (nSPS) is 11.1. The molecule has 0 amide bonds. The largest absolute Gasteiger partial charge is 0.493 e. The molecule has 0 aliphatic carbocycles. The Morgan fingerprint density at radius 1 is 0.750 bits per heavy atom. The zero-order chi connectivity index (χ0) is 23.2. The smallest absolute Gasteiger partial charge is 0.344 e. The molecule has 0 aliphatic heterocycles. The molecule has 0 unspecified atom stereocenters. The van der Waals surface area contributed by atoms with Gasteiger partial charge in [-0.25, -0.2) is 9.59 Å². The molecule has 0 bridgehead atoms. The summed E-state index contributed by atoms with van der Waals surface area (Å²) in [4.78, 5) is 25.4. The van der Waals surface area contributed by atoms with Crippen LogP contribution in [-0.4, -0.2) is 28.4 Å². The van der Waals surface area contributed by atoms with E-state index in [9.17, 15) is 9.59 Å². The van der Waals surface area contributed by atoms with Crippen LogP contribution in [0.15, 0.2) is 42.7 Å². The summed E-state index contributed by atoms with van der Waals surface area (Å²) in [5, 5.41) is 1.23. The number of aryl methyl sites for hydroxylation is 2. The summed E-state index contributed by atoms with van der Waals surface area (Å²) < 4.78 is 32.8. The van der Waals surface area contributed by atoms with Crippen molar-refractivity contribution in [1.82, 2.24) is 0 Å². The Morgan fingerprint density at radius 2 is 1.41 bits per heavy atom. The van der Waals surface area contributed by atoms with Crippen molar-refractivity contribution in [3.05, 3.63) is 56.2 Å². The molecule has 0 saturated heterocycles. The lowest BCUT2D eigenvalue weighted by atomic mass is 9.94. The summed E-state index contributed by atoms with van der Waals surface area (Å²) in [6, 6.07) is 6.59. The van der Waals surface area contributed by atoms with Gasteiger partial charge >= 0.3 is 11.3 Å². The maximum Gasteiger partial charge on any atom is 0.344 e. The van der Waals surface area contributed by atoms with E-state index in [4.69, 9.17) is 27.8 Å². The molecule has 32 heavy (non-hydrogen) atoms. The SMILES string of the molecule is COc1ccc2c(C)c(-c3cc(OC)c(OC)c4oc(=O)cc(C)c34)c(=O)oc2c1OC. The fourth-order valence-electron chi connectivity index (χ4n) is 4.07. The molecule has 0 saturated carbocycles. The highest BCUT2D eigenvalue weighted by molar-refractivity contribution is 6.03. The van der Waals surface area contributed by atoms with E-state index in [1.54, 1.807) is 25.1 Å². The maximum absolute atomic E-state index is 13.3. The van der Waals surface area contributed by atoms with Gasteiger partial charge in [-0.05, 0) is 43.2 Å². The lowest BCUT2D eigenvalue weighted by Crippen LogP contribution is -2.09. The molecule has 2 aromatic carbocycles. The van der Waals surface area contributed by atoms with Crippen LogP contribution in [0.3, 0.4) is 0 Å². The Balaban J connectivity index is 2.19. The maximum atomic E-state index is 13.3. The monoisotopic (exact) mass is 438 g/mol. The molecule has 0 atom stereocenters. The van der Waals surface area contributed by atoms with Gasteiger partial charge in [0.15, 0.2) is 22.7 Å². The molecule has 0 radical (unpaired) electrons. The van der Waals surface area contributed by atoms with Crippen LogP contribution in [-0.2, 0) is 0 Å². The molecule has 4 aromatic rings. The standard InChI is InChI=1S/C24H22O8/c1-11-9-17(25)31-23-18(11)14(10-16(28-4)22(23)30-6)19-12(2)13-7-8-15(27-3)21(29-5)20(13)32-24(19)26/h7-10H,1-6H3. The van der Waals surface area contributed by atoms with Gasteiger partial charge in [0.05, 0.1) is 34.0 Å². The van der Waals surface area contributed by atoms with E-state index in [2.05, 4.69) is 0 Å².